The van der Waals surface area contributed by atoms with Gasteiger partial charge in [-0.15, -0.1) is 0 Å². The largest absolute Gasteiger partial charge is 0.356 e. The van der Waals surface area contributed by atoms with Crippen LogP contribution in [0.15, 0.2) is 6.20 Å². The van der Waals surface area contributed by atoms with Gasteiger partial charge in [0.2, 0.25) is 0 Å². The molecule has 0 spiro atoms. The topological polar surface area (TPSA) is 40.7 Å². The number of nitrogens with one attached hydrogen (secondary N) is 2. The van der Waals surface area contributed by atoms with Crippen LogP contribution in [0.3, 0.4) is 0 Å². The molecule has 1 aliphatic rings. The fourth-order valence-electron chi connectivity index (χ4n) is 2.20. The van der Waals surface area contributed by atoms with Crippen molar-refractivity contribution in [3.05, 3.63) is 11.9 Å². The molecule has 0 bridgehead atoms. The van der Waals surface area contributed by atoms with Gasteiger partial charge >= 0.3 is 0 Å². The zero-order chi connectivity index (χ0) is 9.80. The normalized spacial score (nSPS) is 17.5. The van der Waals surface area contributed by atoms with Crippen LogP contribution in [0.2, 0.25) is 0 Å². The molecule has 1 saturated carbocycles. The van der Waals surface area contributed by atoms with Crippen molar-refractivity contribution < 1.29 is 0 Å². The zero-order valence-electron chi connectivity index (χ0n) is 8.84. The van der Waals surface area contributed by atoms with E-state index >= 15 is 0 Å². The second-order valence-electron chi connectivity index (χ2n) is 4.28. The molecule has 1 fully saturated rings. The molecule has 0 atom stereocenters. The fourth-order valence-corrected chi connectivity index (χ4v) is 2.20. The monoisotopic (exact) mass is 193 g/mol. The number of H-pyrrole nitrogens is 1. The van der Waals surface area contributed by atoms with Crippen LogP contribution in [-0.2, 0) is 0 Å². The number of aromatic nitrogens is 2. The van der Waals surface area contributed by atoms with Crippen LogP contribution in [0, 0.1) is 12.8 Å². The lowest BCUT2D eigenvalue weighted by Crippen LogP contribution is -2.07. The number of rotatable bonds is 4. The highest BCUT2D eigenvalue weighted by Crippen LogP contribution is 2.27. The summed E-state index contributed by atoms with van der Waals surface area (Å²) in [6.45, 7) is 3.08. The van der Waals surface area contributed by atoms with Crippen LogP contribution >= 0.6 is 0 Å². The molecule has 14 heavy (non-hydrogen) atoms. The van der Waals surface area contributed by atoms with E-state index in [1.807, 2.05) is 13.1 Å². The Balaban J connectivity index is 1.67. The predicted octanol–water partition coefficient (Wildman–Crippen LogP) is 2.71. The maximum absolute atomic E-state index is 4.21. The lowest BCUT2D eigenvalue weighted by molar-refractivity contribution is 0.518. The summed E-state index contributed by atoms with van der Waals surface area (Å²) in [7, 11) is 0. The van der Waals surface area contributed by atoms with Crippen molar-refractivity contribution in [1.29, 1.82) is 0 Å². The van der Waals surface area contributed by atoms with Crippen molar-refractivity contribution in [2.75, 3.05) is 11.9 Å². The third-order valence-electron chi connectivity index (χ3n) is 3.02. The van der Waals surface area contributed by atoms with Gasteiger partial charge in [-0.2, -0.15) is 0 Å². The molecule has 1 heterocycles. The first-order chi connectivity index (χ1) is 6.84. The molecule has 2 N–H and O–H groups in total. The minimum Gasteiger partial charge on any atom is -0.356 e. The Hall–Kier alpha value is -0.990. The zero-order valence-corrected chi connectivity index (χ0v) is 8.84. The first kappa shape index (κ1) is 9.56. The molecule has 0 radical (unpaired) electrons. The van der Waals surface area contributed by atoms with E-state index in [4.69, 9.17) is 0 Å². The number of aryl methyl sites for hydroxylation is 1. The highest BCUT2D eigenvalue weighted by molar-refractivity contribution is 5.25. The van der Waals surface area contributed by atoms with Crippen molar-refractivity contribution in [2.45, 2.75) is 39.0 Å². The van der Waals surface area contributed by atoms with Gasteiger partial charge in [-0.05, 0) is 19.3 Å². The van der Waals surface area contributed by atoms with E-state index in [1.165, 1.54) is 32.1 Å². The van der Waals surface area contributed by atoms with Gasteiger partial charge in [0.1, 0.15) is 0 Å². The van der Waals surface area contributed by atoms with E-state index in [-0.39, 0.29) is 0 Å². The van der Waals surface area contributed by atoms with E-state index in [0.29, 0.717) is 0 Å². The predicted molar refractivity (Wildman–Crippen MR) is 58.4 cm³/mol. The van der Waals surface area contributed by atoms with Crippen LogP contribution < -0.4 is 5.32 Å². The molecule has 1 aromatic rings. The first-order valence-corrected chi connectivity index (χ1v) is 5.60. The van der Waals surface area contributed by atoms with Gasteiger partial charge in [0.15, 0.2) is 5.95 Å². The number of hydrogen-bond acceptors (Lipinski definition) is 2. The van der Waals surface area contributed by atoms with Crippen LogP contribution in [0.25, 0.3) is 0 Å². The summed E-state index contributed by atoms with van der Waals surface area (Å²) in [4.78, 5) is 7.39. The third kappa shape index (κ3) is 2.50. The highest BCUT2D eigenvalue weighted by Gasteiger charge is 2.14. The van der Waals surface area contributed by atoms with Crippen molar-refractivity contribution >= 4 is 5.95 Å². The minimum absolute atomic E-state index is 0.917. The minimum atomic E-state index is 0.917. The molecule has 3 heteroatoms. The molecule has 0 amide bonds. The summed E-state index contributed by atoms with van der Waals surface area (Å²) in [5.74, 6) is 1.87. The van der Waals surface area contributed by atoms with Crippen LogP contribution in [-0.4, -0.2) is 16.5 Å². The van der Waals surface area contributed by atoms with E-state index in [0.717, 1.165) is 24.1 Å². The number of anilines is 1. The van der Waals surface area contributed by atoms with Crippen LogP contribution in [0.4, 0.5) is 5.95 Å². The average Bonchev–Trinajstić information content (AvgIpc) is 2.77. The Kier molecular flexibility index (Phi) is 3.07. The fraction of sp³-hybridized carbons (Fsp3) is 0.727. The molecule has 0 unspecified atom stereocenters. The van der Waals surface area contributed by atoms with Gasteiger partial charge in [-0.25, -0.2) is 4.98 Å². The standard InChI is InChI=1S/C11H19N3/c1-9-8-13-11(14-9)12-7-6-10-4-2-3-5-10/h8,10H,2-7H2,1H3,(H2,12,13,14). The summed E-state index contributed by atoms with van der Waals surface area (Å²) in [5.41, 5.74) is 1.12. The number of imidazole rings is 1. The van der Waals surface area contributed by atoms with Gasteiger partial charge in [-0.3, -0.25) is 0 Å². The molecule has 0 saturated heterocycles. The summed E-state index contributed by atoms with van der Waals surface area (Å²) >= 11 is 0. The molecule has 78 valence electrons. The van der Waals surface area contributed by atoms with Gasteiger partial charge in [0.25, 0.3) is 0 Å². The number of nitrogens with zero attached hydrogens (tertiary/aromatic N) is 1. The van der Waals surface area contributed by atoms with Crippen LogP contribution in [0.5, 0.6) is 0 Å². The lowest BCUT2D eigenvalue weighted by Gasteiger charge is -2.08. The summed E-state index contributed by atoms with van der Waals surface area (Å²) < 4.78 is 0. The van der Waals surface area contributed by atoms with Crippen molar-refractivity contribution in [3.8, 4) is 0 Å². The molecule has 2 rings (SSSR count). The van der Waals surface area contributed by atoms with Gasteiger partial charge < -0.3 is 10.3 Å². The Morgan fingerprint density at radius 2 is 2.29 bits per heavy atom. The molecular weight excluding hydrogens is 174 g/mol. The van der Waals surface area contributed by atoms with Crippen molar-refractivity contribution in [3.63, 3.8) is 0 Å². The SMILES string of the molecule is Cc1cnc(NCCC2CCCC2)[nH]1. The lowest BCUT2D eigenvalue weighted by atomic mass is 10.0. The Morgan fingerprint density at radius 1 is 1.50 bits per heavy atom. The molecule has 1 aromatic heterocycles. The second-order valence-corrected chi connectivity index (χ2v) is 4.28. The first-order valence-electron chi connectivity index (χ1n) is 5.60. The molecule has 1 aliphatic carbocycles. The van der Waals surface area contributed by atoms with Gasteiger partial charge in [0.05, 0.1) is 0 Å². The quantitative estimate of drug-likeness (QED) is 0.772. The molecule has 0 aromatic carbocycles. The third-order valence-corrected chi connectivity index (χ3v) is 3.02. The molecule has 0 aliphatic heterocycles. The van der Waals surface area contributed by atoms with Gasteiger partial charge in [0, 0.05) is 18.4 Å². The summed E-state index contributed by atoms with van der Waals surface area (Å²) in [6.07, 6.45) is 8.88. The van der Waals surface area contributed by atoms with Gasteiger partial charge in [-0.1, -0.05) is 25.7 Å². The Bertz CT molecular complexity index is 274. The smallest absolute Gasteiger partial charge is 0.200 e. The number of aromatic amines is 1. The number of hydrogen-bond donors (Lipinski definition) is 2. The maximum atomic E-state index is 4.21. The summed E-state index contributed by atoms with van der Waals surface area (Å²) in [6, 6.07) is 0. The molecule has 3 nitrogen and oxygen atoms in total. The van der Waals surface area contributed by atoms with E-state index < -0.39 is 0 Å². The van der Waals surface area contributed by atoms with Crippen molar-refractivity contribution in [1.82, 2.24) is 9.97 Å². The highest BCUT2D eigenvalue weighted by atomic mass is 15.1. The van der Waals surface area contributed by atoms with Crippen molar-refractivity contribution in [2.24, 2.45) is 5.92 Å². The van der Waals surface area contributed by atoms with E-state index in [1.54, 1.807) is 0 Å². The average molecular weight is 193 g/mol. The molecular formula is C11H19N3. The maximum Gasteiger partial charge on any atom is 0.200 e. The van der Waals surface area contributed by atoms with E-state index in [9.17, 15) is 0 Å². The van der Waals surface area contributed by atoms with E-state index in [2.05, 4.69) is 15.3 Å². The summed E-state index contributed by atoms with van der Waals surface area (Å²) in [5, 5.41) is 3.33. The Morgan fingerprint density at radius 3 is 2.93 bits per heavy atom. The Labute approximate surface area is 85.3 Å². The second kappa shape index (κ2) is 4.49. The van der Waals surface area contributed by atoms with Crippen LogP contribution in [0.1, 0.15) is 37.8 Å².